The molecule has 21 heavy (non-hydrogen) atoms. The molecule has 1 aromatic heterocycles. The molecule has 1 rings (SSSR count). The second-order valence-electron chi connectivity index (χ2n) is 4.80. The molecule has 0 radical (unpaired) electrons. The van der Waals surface area contributed by atoms with Crippen LogP contribution in [-0.4, -0.2) is 37.6 Å². The minimum absolute atomic E-state index is 0.177. The predicted molar refractivity (Wildman–Crippen MR) is 82.1 cm³/mol. The highest BCUT2D eigenvalue weighted by Gasteiger charge is 2.23. The quantitative estimate of drug-likeness (QED) is 0.408. The molecule has 1 heterocycles. The van der Waals surface area contributed by atoms with Crippen LogP contribution in [0.15, 0.2) is 6.20 Å². The summed E-state index contributed by atoms with van der Waals surface area (Å²) in [6, 6.07) is -0.177. The summed E-state index contributed by atoms with van der Waals surface area (Å²) in [5.74, 6) is 6.52. The molecule has 0 amide bonds. The molecule has 6 heteroatoms. The third-order valence-electron chi connectivity index (χ3n) is 3.37. The largest absolute Gasteiger partial charge is 0.496 e. The average molecular weight is 297 g/mol. The zero-order chi connectivity index (χ0) is 15.8. The van der Waals surface area contributed by atoms with Gasteiger partial charge in [-0.15, -0.1) is 0 Å². The summed E-state index contributed by atoms with van der Waals surface area (Å²) in [5.41, 5.74) is 5.72. The number of pyridine rings is 1. The van der Waals surface area contributed by atoms with Crippen molar-refractivity contribution in [2.24, 2.45) is 5.84 Å². The molecule has 1 unspecified atom stereocenters. The van der Waals surface area contributed by atoms with E-state index in [0.29, 0.717) is 19.6 Å². The summed E-state index contributed by atoms with van der Waals surface area (Å²) in [6.07, 6.45) is 2.01. The van der Waals surface area contributed by atoms with E-state index < -0.39 is 6.29 Å². The number of hydrazine groups is 1. The van der Waals surface area contributed by atoms with E-state index >= 15 is 0 Å². The predicted octanol–water partition coefficient (Wildman–Crippen LogP) is 1.48. The lowest BCUT2D eigenvalue weighted by Gasteiger charge is -2.26. The Hall–Kier alpha value is -1.21. The van der Waals surface area contributed by atoms with Crippen molar-refractivity contribution in [1.29, 1.82) is 0 Å². The Morgan fingerprint density at radius 2 is 1.86 bits per heavy atom. The van der Waals surface area contributed by atoms with Gasteiger partial charge in [-0.3, -0.25) is 16.3 Å². The van der Waals surface area contributed by atoms with Crippen molar-refractivity contribution >= 4 is 0 Å². The Morgan fingerprint density at radius 3 is 2.33 bits per heavy atom. The Morgan fingerprint density at radius 1 is 1.24 bits per heavy atom. The van der Waals surface area contributed by atoms with E-state index in [-0.39, 0.29) is 6.04 Å². The molecule has 0 aliphatic carbocycles. The average Bonchev–Trinajstić information content (AvgIpc) is 2.47. The Bertz CT molecular complexity index is 434. The lowest BCUT2D eigenvalue weighted by Crippen LogP contribution is -2.48. The molecular formula is C15H27N3O3. The van der Waals surface area contributed by atoms with Gasteiger partial charge < -0.3 is 14.2 Å². The minimum Gasteiger partial charge on any atom is -0.496 e. The molecule has 3 N–H and O–H groups in total. The lowest BCUT2D eigenvalue weighted by molar-refractivity contribution is -0.154. The van der Waals surface area contributed by atoms with E-state index in [1.807, 2.05) is 33.9 Å². The molecule has 1 aromatic rings. The molecule has 0 aliphatic rings. The fraction of sp³-hybridized carbons (Fsp3) is 0.667. The van der Waals surface area contributed by atoms with Crippen molar-refractivity contribution in [3.63, 3.8) is 0 Å². The maximum absolute atomic E-state index is 5.66. The van der Waals surface area contributed by atoms with Gasteiger partial charge in [0, 0.05) is 42.7 Å². The summed E-state index contributed by atoms with van der Waals surface area (Å²) in [6.45, 7) is 8.96. The number of nitrogens with zero attached hydrogens (tertiary/aromatic N) is 1. The Labute approximate surface area is 127 Å². The maximum Gasteiger partial charge on any atom is 0.174 e. The second-order valence-corrected chi connectivity index (χ2v) is 4.80. The fourth-order valence-corrected chi connectivity index (χ4v) is 2.33. The number of hydrogen-bond acceptors (Lipinski definition) is 6. The van der Waals surface area contributed by atoms with E-state index in [1.165, 1.54) is 0 Å². The molecule has 6 nitrogen and oxygen atoms in total. The van der Waals surface area contributed by atoms with Gasteiger partial charge in [0.1, 0.15) is 5.75 Å². The minimum atomic E-state index is -0.404. The zero-order valence-electron chi connectivity index (χ0n) is 13.6. The molecule has 0 fully saturated rings. The van der Waals surface area contributed by atoms with Crippen LogP contribution in [0.1, 0.15) is 30.7 Å². The van der Waals surface area contributed by atoms with Crippen LogP contribution in [0.4, 0.5) is 0 Å². The van der Waals surface area contributed by atoms with Crippen LogP contribution in [0.3, 0.4) is 0 Å². The van der Waals surface area contributed by atoms with Crippen molar-refractivity contribution < 1.29 is 14.2 Å². The Balaban J connectivity index is 2.95. The number of aryl methyl sites for hydroxylation is 1. The van der Waals surface area contributed by atoms with Crippen LogP contribution in [0.5, 0.6) is 5.75 Å². The lowest BCUT2D eigenvalue weighted by atomic mass is 10.0. The zero-order valence-corrected chi connectivity index (χ0v) is 13.6. The normalized spacial score (nSPS) is 12.7. The smallest absolute Gasteiger partial charge is 0.174 e. The van der Waals surface area contributed by atoms with Crippen molar-refractivity contribution in [2.75, 3.05) is 20.3 Å². The number of nitrogens with two attached hydrogens (primary N) is 1. The molecule has 0 aliphatic heterocycles. The first-order chi connectivity index (χ1) is 10.1. The third kappa shape index (κ3) is 4.64. The molecule has 0 aromatic carbocycles. The highest BCUT2D eigenvalue weighted by Crippen LogP contribution is 2.25. The topological polar surface area (TPSA) is 78.6 Å². The van der Waals surface area contributed by atoms with Crippen LogP contribution in [-0.2, 0) is 15.9 Å². The van der Waals surface area contributed by atoms with E-state index in [2.05, 4.69) is 10.4 Å². The summed E-state index contributed by atoms with van der Waals surface area (Å²) >= 11 is 0. The highest BCUT2D eigenvalue weighted by molar-refractivity contribution is 5.41. The molecule has 0 spiro atoms. The van der Waals surface area contributed by atoms with Gasteiger partial charge in [-0.25, -0.2) is 0 Å². The molecule has 0 saturated heterocycles. The maximum atomic E-state index is 5.66. The summed E-state index contributed by atoms with van der Waals surface area (Å²) in [4.78, 5) is 4.49. The van der Waals surface area contributed by atoms with E-state index in [0.717, 1.165) is 22.6 Å². The van der Waals surface area contributed by atoms with Crippen LogP contribution in [0.25, 0.3) is 0 Å². The van der Waals surface area contributed by atoms with Gasteiger partial charge in [-0.05, 0) is 27.7 Å². The fourth-order valence-electron chi connectivity index (χ4n) is 2.33. The van der Waals surface area contributed by atoms with E-state index in [9.17, 15) is 0 Å². The van der Waals surface area contributed by atoms with Gasteiger partial charge >= 0.3 is 0 Å². The number of aromatic nitrogens is 1. The number of ether oxygens (including phenoxy) is 3. The molecule has 0 bridgehead atoms. The molecule has 120 valence electrons. The monoisotopic (exact) mass is 297 g/mol. The molecule has 1 atom stereocenters. The SMILES string of the molecule is CCOC(OCC)C(Cc1ncc(C)c(OC)c1C)NN. The van der Waals surface area contributed by atoms with Gasteiger partial charge in [0.15, 0.2) is 6.29 Å². The van der Waals surface area contributed by atoms with Crippen molar-refractivity contribution in [3.05, 3.63) is 23.0 Å². The third-order valence-corrected chi connectivity index (χ3v) is 3.37. The van der Waals surface area contributed by atoms with Crippen LogP contribution >= 0.6 is 0 Å². The van der Waals surface area contributed by atoms with Crippen LogP contribution in [0, 0.1) is 13.8 Å². The summed E-state index contributed by atoms with van der Waals surface area (Å²) < 4.78 is 16.6. The first-order valence-corrected chi connectivity index (χ1v) is 7.27. The standard InChI is InChI=1S/C15H27N3O3/c1-6-20-15(21-7-2)13(18-16)8-12-11(4)14(19-5)10(3)9-17-12/h9,13,15,18H,6-8,16H2,1-5H3. The van der Waals surface area contributed by atoms with Crippen LogP contribution < -0.4 is 16.0 Å². The molecule has 0 saturated carbocycles. The number of rotatable bonds is 9. The van der Waals surface area contributed by atoms with Gasteiger partial charge in [-0.1, -0.05) is 0 Å². The summed E-state index contributed by atoms with van der Waals surface area (Å²) in [5, 5.41) is 0. The highest BCUT2D eigenvalue weighted by atomic mass is 16.7. The van der Waals surface area contributed by atoms with Gasteiger partial charge in [0.05, 0.1) is 13.2 Å². The summed E-state index contributed by atoms with van der Waals surface area (Å²) in [7, 11) is 1.67. The van der Waals surface area contributed by atoms with E-state index in [4.69, 9.17) is 20.1 Å². The number of nitrogens with one attached hydrogen (secondary N) is 1. The first-order valence-electron chi connectivity index (χ1n) is 7.27. The first kappa shape index (κ1) is 17.8. The van der Waals surface area contributed by atoms with Crippen molar-refractivity contribution in [3.8, 4) is 5.75 Å². The van der Waals surface area contributed by atoms with Gasteiger partial charge in [0.2, 0.25) is 0 Å². The van der Waals surface area contributed by atoms with Gasteiger partial charge in [-0.2, -0.15) is 0 Å². The van der Waals surface area contributed by atoms with Gasteiger partial charge in [0.25, 0.3) is 0 Å². The Kier molecular flexibility index (Phi) is 7.60. The van der Waals surface area contributed by atoms with Crippen molar-refractivity contribution in [1.82, 2.24) is 10.4 Å². The van der Waals surface area contributed by atoms with Crippen LogP contribution in [0.2, 0.25) is 0 Å². The van der Waals surface area contributed by atoms with E-state index in [1.54, 1.807) is 7.11 Å². The van der Waals surface area contributed by atoms with Crippen molar-refractivity contribution in [2.45, 2.75) is 46.4 Å². The number of hydrogen-bond donors (Lipinski definition) is 2. The second kappa shape index (κ2) is 8.94. The molecular weight excluding hydrogens is 270 g/mol. The number of methoxy groups -OCH3 is 1.